The number of hydrogen-bond acceptors (Lipinski definition) is 4. The van der Waals surface area contributed by atoms with Crippen LogP contribution in [0, 0.1) is 12.7 Å². The number of benzene rings is 1. The lowest BCUT2D eigenvalue weighted by molar-refractivity contribution is 0.0945. The van der Waals surface area contributed by atoms with E-state index in [0.717, 1.165) is 0 Å². The summed E-state index contributed by atoms with van der Waals surface area (Å²) in [5.74, 6) is -0.299. The lowest BCUT2D eigenvalue weighted by Gasteiger charge is -2.02. The Morgan fingerprint density at radius 3 is 2.88 bits per heavy atom. The van der Waals surface area contributed by atoms with E-state index in [1.807, 2.05) is 0 Å². The summed E-state index contributed by atoms with van der Waals surface area (Å²) in [6, 6.07) is 5.75. The first kappa shape index (κ1) is 11.3. The van der Waals surface area contributed by atoms with E-state index in [-0.39, 0.29) is 12.1 Å². The van der Waals surface area contributed by atoms with E-state index >= 15 is 0 Å². The largest absolute Gasteiger partial charge is 0.345 e. The average molecular weight is 235 g/mol. The summed E-state index contributed by atoms with van der Waals surface area (Å²) in [4.78, 5) is 15.5. The topological polar surface area (TPSA) is 68.0 Å². The lowest BCUT2D eigenvalue weighted by atomic mass is 10.2. The fourth-order valence-corrected chi connectivity index (χ4v) is 1.31. The van der Waals surface area contributed by atoms with Crippen molar-refractivity contribution in [2.24, 2.45) is 0 Å². The predicted octanol–water partition coefficient (Wildman–Crippen LogP) is 1.45. The number of hydrogen-bond donors (Lipinski definition) is 1. The number of carbonyl (C=O) groups is 1. The Morgan fingerprint density at radius 2 is 2.24 bits per heavy atom. The van der Waals surface area contributed by atoms with Crippen LogP contribution in [0.5, 0.6) is 0 Å². The molecule has 0 aliphatic carbocycles. The third-order valence-electron chi connectivity index (χ3n) is 2.10. The Labute approximate surface area is 96.6 Å². The lowest BCUT2D eigenvalue weighted by Crippen LogP contribution is -2.24. The standard InChI is InChI=1S/C11H10FN3O2/c1-7-14-10(15-17-7)6-13-11(16)8-4-2-3-5-9(8)12/h2-5H,6H2,1H3,(H,13,16). The smallest absolute Gasteiger partial charge is 0.254 e. The van der Waals surface area contributed by atoms with Crippen LogP contribution in [0.25, 0.3) is 0 Å². The molecule has 1 aromatic carbocycles. The molecule has 0 saturated heterocycles. The van der Waals surface area contributed by atoms with Crippen LogP contribution in [-0.2, 0) is 6.54 Å². The fraction of sp³-hybridized carbons (Fsp3) is 0.182. The minimum atomic E-state index is -0.561. The van der Waals surface area contributed by atoms with E-state index in [0.29, 0.717) is 11.7 Å². The van der Waals surface area contributed by atoms with Crippen LogP contribution >= 0.6 is 0 Å². The van der Waals surface area contributed by atoms with Gasteiger partial charge in [0.25, 0.3) is 5.91 Å². The van der Waals surface area contributed by atoms with Crippen LogP contribution in [0.2, 0.25) is 0 Å². The molecule has 2 aromatic rings. The van der Waals surface area contributed by atoms with Crippen LogP contribution in [0.15, 0.2) is 28.8 Å². The summed E-state index contributed by atoms with van der Waals surface area (Å²) >= 11 is 0. The first-order chi connectivity index (χ1) is 8.16. The van der Waals surface area contributed by atoms with Crippen molar-refractivity contribution in [3.05, 3.63) is 47.4 Å². The molecule has 6 heteroatoms. The zero-order chi connectivity index (χ0) is 12.3. The highest BCUT2D eigenvalue weighted by molar-refractivity contribution is 5.94. The third kappa shape index (κ3) is 2.66. The molecule has 1 amide bonds. The van der Waals surface area contributed by atoms with Crippen LogP contribution < -0.4 is 5.32 Å². The van der Waals surface area contributed by atoms with E-state index in [2.05, 4.69) is 15.5 Å². The van der Waals surface area contributed by atoms with Gasteiger partial charge in [-0.05, 0) is 12.1 Å². The molecule has 0 bridgehead atoms. The Kier molecular flexibility index (Phi) is 3.13. The van der Waals surface area contributed by atoms with Crippen molar-refractivity contribution in [3.8, 4) is 0 Å². The molecule has 17 heavy (non-hydrogen) atoms. The minimum Gasteiger partial charge on any atom is -0.345 e. The van der Waals surface area contributed by atoms with E-state index < -0.39 is 11.7 Å². The van der Waals surface area contributed by atoms with Gasteiger partial charge < -0.3 is 9.84 Å². The van der Waals surface area contributed by atoms with Gasteiger partial charge in [0.15, 0.2) is 5.82 Å². The first-order valence-electron chi connectivity index (χ1n) is 4.99. The molecule has 1 heterocycles. The summed E-state index contributed by atoms with van der Waals surface area (Å²) in [6.07, 6.45) is 0. The van der Waals surface area contributed by atoms with Crippen molar-refractivity contribution in [2.75, 3.05) is 0 Å². The van der Waals surface area contributed by atoms with Gasteiger partial charge in [-0.25, -0.2) is 4.39 Å². The summed E-state index contributed by atoms with van der Waals surface area (Å²) < 4.78 is 18.0. The van der Waals surface area contributed by atoms with E-state index in [4.69, 9.17) is 4.52 Å². The maximum atomic E-state index is 13.3. The van der Waals surface area contributed by atoms with Gasteiger partial charge in [0.05, 0.1) is 12.1 Å². The molecular weight excluding hydrogens is 225 g/mol. The number of nitrogens with zero attached hydrogens (tertiary/aromatic N) is 2. The second-order valence-corrected chi connectivity index (χ2v) is 3.39. The van der Waals surface area contributed by atoms with Gasteiger partial charge in [0, 0.05) is 6.92 Å². The molecule has 0 atom stereocenters. The van der Waals surface area contributed by atoms with Crippen molar-refractivity contribution in [2.45, 2.75) is 13.5 Å². The number of amides is 1. The highest BCUT2D eigenvalue weighted by atomic mass is 19.1. The van der Waals surface area contributed by atoms with Crippen molar-refractivity contribution >= 4 is 5.91 Å². The average Bonchev–Trinajstić information content (AvgIpc) is 2.73. The molecule has 0 aliphatic rings. The van der Waals surface area contributed by atoms with Crippen LogP contribution in [-0.4, -0.2) is 16.0 Å². The van der Waals surface area contributed by atoms with Crippen molar-refractivity contribution in [1.29, 1.82) is 0 Å². The minimum absolute atomic E-state index is 0.00674. The predicted molar refractivity (Wildman–Crippen MR) is 56.6 cm³/mol. The molecule has 1 aromatic heterocycles. The van der Waals surface area contributed by atoms with Gasteiger partial charge >= 0.3 is 0 Å². The molecule has 0 unspecified atom stereocenters. The molecule has 2 rings (SSSR count). The third-order valence-corrected chi connectivity index (χ3v) is 2.10. The maximum absolute atomic E-state index is 13.3. The molecule has 0 spiro atoms. The number of halogens is 1. The summed E-state index contributed by atoms with van der Waals surface area (Å²) in [6.45, 7) is 1.75. The number of aryl methyl sites for hydroxylation is 1. The number of rotatable bonds is 3. The molecule has 88 valence electrons. The second kappa shape index (κ2) is 4.73. The molecule has 1 N–H and O–H groups in total. The van der Waals surface area contributed by atoms with Gasteiger partial charge in [-0.2, -0.15) is 4.98 Å². The van der Waals surface area contributed by atoms with Crippen LogP contribution in [0.1, 0.15) is 22.1 Å². The summed E-state index contributed by atoms with van der Waals surface area (Å²) in [5, 5.41) is 6.11. The zero-order valence-corrected chi connectivity index (χ0v) is 9.11. The monoisotopic (exact) mass is 235 g/mol. The molecule has 5 nitrogen and oxygen atoms in total. The molecule has 0 fully saturated rings. The van der Waals surface area contributed by atoms with Gasteiger partial charge in [0.2, 0.25) is 5.89 Å². The molecule has 0 aliphatic heterocycles. The molecular formula is C11H10FN3O2. The van der Waals surface area contributed by atoms with Crippen molar-refractivity contribution < 1.29 is 13.7 Å². The van der Waals surface area contributed by atoms with Crippen molar-refractivity contribution in [3.63, 3.8) is 0 Å². The Bertz CT molecular complexity index is 539. The SMILES string of the molecule is Cc1nc(CNC(=O)c2ccccc2F)no1. The fourth-order valence-electron chi connectivity index (χ4n) is 1.31. The van der Waals surface area contributed by atoms with E-state index in [1.165, 1.54) is 18.2 Å². The number of nitrogens with one attached hydrogen (secondary N) is 1. The van der Waals surface area contributed by atoms with Crippen LogP contribution in [0.4, 0.5) is 4.39 Å². The van der Waals surface area contributed by atoms with Gasteiger partial charge in [-0.1, -0.05) is 17.3 Å². The van der Waals surface area contributed by atoms with Crippen LogP contribution in [0.3, 0.4) is 0 Å². The quantitative estimate of drug-likeness (QED) is 0.874. The van der Waals surface area contributed by atoms with Crippen molar-refractivity contribution in [1.82, 2.24) is 15.5 Å². The highest BCUT2D eigenvalue weighted by Crippen LogP contribution is 2.06. The number of aromatic nitrogens is 2. The first-order valence-corrected chi connectivity index (χ1v) is 4.99. The Hall–Kier alpha value is -2.24. The van der Waals surface area contributed by atoms with E-state index in [9.17, 15) is 9.18 Å². The number of carbonyl (C=O) groups excluding carboxylic acids is 1. The second-order valence-electron chi connectivity index (χ2n) is 3.39. The highest BCUT2D eigenvalue weighted by Gasteiger charge is 2.11. The Balaban J connectivity index is 2.01. The molecule has 0 radical (unpaired) electrons. The summed E-state index contributed by atoms with van der Waals surface area (Å²) in [5.41, 5.74) is -0.00674. The zero-order valence-electron chi connectivity index (χ0n) is 9.11. The van der Waals surface area contributed by atoms with Gasteiger partial charge in [-0.15, -0.1) is 0 Å². The van der Waals surface area contributed by atoms with E-state index in [1.54, 1.807) is 13.0 Å². The Morgan fingerprint density at radius 1 is 1.47 bits per heavy atom. The van der Waals surface area contributed by atoms with Gasteiger partial charge in [-0.3, -0.25) is 4.79 Å². The summed E-state index contributed by atoms with van der Waals surface area (Å²) in [7, 11) is 0. The molecule has 0 saturated carbocycles. The maximum Gasteiger partial charge on any atom is 0.254 e. The normalized spacial score (nSPS) is 10.2. The van der Waals surface area contributed by atoms with Gasteiger partial charge in [0.1, 0.15) is 5.82 Å².